The standard InChI is InChI=1S/C22H32N2O2S/c1-5-7-13-23(14-8-6-2)16-24-21(25)20(27-22(24)26)15-18-9-11-19(12-10-18)17(3)4/h9-12,15,17H,5-8,13-14,16H2,1-4H3. The van der Waals surface area contributed by atoms with Crippen molar-refractivity contribution >= 4 is 29.0 Å². The van der Waals surface area contributed by atoms with Crippen LogP contribution in [-0.4, -0.2) is 40.7 Å². The van der Waals surface area contributed by atoms with E-state index in [-0.39, 0.29) is 11.1 Å². The molecule has 0 spiro atoms. The number of hydrogen-bond acceptors (Lipinski definition) is 4. The Labute approximate surface area is 168 Å². The molecule has 1 aromatic rings. The van der Waals surface area contributed by atoms with Crippen molar-refractivity contribution in [2.24, 2.45) is 0 Å². The third-order valence-corrected chi connectivity index (χ3v) is 5.68. The predicted molar refractivity (Wildman–Crippen MR) is 115 cm³/mol. The number of nitrogens with zero attached hydrogens (tertiary/aromatic N) is 2. The topological polar surface area (TPSA) is 40.6 Å². The molecule has 0 saturated carbocycles. The summed E-state index contributed by atoms with van der Waals surface area (Å²) in [6.07, 6.45) is 6.21. The zero-order valence-electron chi connectivity index (χ0n) is 17.0. The fourth-order valence-electron chi connectivity index (χ4n) is 2.97. The van der Waals surface area contributed by atoms with E-state index in [2.05, 4.69) is 44.7 Å². The highest BCUT2D eigenvalue weighted by Crippen LogP contribution is 2.32. The van der Waals surface area contributed by atoms with Crippen LogP contribution in [0.25, 0.3) is 6.08 Å². The average Bonchev–Trinajstić information content (AvgIpc) is 2.91. The van der Waals surface area contributed by atoms with Gasteiger partial charge in [-0.25, -0.2) is 0 Å². The van der Waals surface area contributed by atoms with E-state index in [0.29, 0.717) is 17.5 Å². The van der Waals surface area contributed by atoms with Crippen molar-refractivity contribution in [2.75, 3.05) is 19.8 Å². The molecule has 4 nitrogen and oxygen atoms in total. The first kappa shape index (κ1) is 21.7. The normalized spacial score (nSPS) is 16.4. The van der Waals surface area contributed by atoms with Crippen molar-refractivity contribution in [3.05, 3.63) is 40.3 Å². The summed E-state index contributed by atoms with van der Waals surface area (Å²) < 4.78 is 0. The molecule has 27 heavy (non-hydrogen) atoms. The number of rotatable bonds is 10. The zero-order valence-corrected chi connectivity index (χ0v) is 17.8. The Morgan fingerprint density at radius 1 is 1.04 bits per heavy atom. The molecule has 1 heterocycles. The van der Waals surface area contributed by atoms with Crippen LogP contribution in [0.2, 0.25) is 0 Å². The molecule has 1 fully saturated rings. The number of carbonyl (C=O) groups excluding carboxylic acids is 2. The summed E-state index contributed by atoms with van der Waals surface area (Å²) in [4.78, 5) is 29.3. The molecule has 0 aliphatic carbocycles. The molecule has 0 N–H and O–H groups in total. The quantitative estimate of drug-likeness (QED) is 0.482. The van der Waals surface area contributed by atoms with E-state index in [1.807, 2.05) is 18.2 Å². The predicted octanol–water partition coefficient (Wildman–Crippen LogP) is 5.71. The lowest BCUT2D eigenvalue weighted by atomic mass is 10.0. The van der Waals surface area contributed by atoms with Gasteiger partial charge in [-0.2, -0.15) is 0 Å². The first-order valence-electron chi connectivity index (χ1n) is 10.0. The maximum Gasteiger partial charge on any atom is 0.294 e. The maximum absolute atomic E-state index is 12.8. The number of imide groups is 1. The van der Waals surface area contributed by atoms with Crippen molar-refractivity contribution in [1.82, 2.24) is 9.80 Å². The molecule has 0 bridgehead atoms. The van der Waals surface area contributed by atoms with E-state index in [1.54, 1.807) is 0 Å². The van der Waals surface area contributed by atoms with Gasteiger partial charge in [0.05, 0.1) is 11.6 Å². The van der Waals surface area contributed by atoms with Gasteiger partial charge in [0.15, 0.2) is 0 Å². The number of benzene rings is 1. The van der Waals surface area contributed by atoms with Gasteiger partial charge in [-0.1, -0.05) is 64.8 Å². The Morgan fingerprint density at radius 3 is 2.15 bits per heavy atom. The highest BCUT2D eigenvalue weighted by molar-refractivity contribution is 8.18. The monoisotopic (exact) mass is 388 g/mol. The van der Waals surface area contributed by atoms with Crippen molar-refractivity contribution in [3.63, 3.8) is 0 Å². The van der Waals surface area contributed by atoms with Gasteiger partial charge in [-0.05, 0) is 60.8 Å². The van der Waals surface area contributed by atoms with Crippen LogP contribution in [0, 0.1) is 0 Å². The van der Waals surface area contributed by atoms with Crippen LogP contribution in [0.5, 0.6) is 0 Å². The SMILES string of the molecule is CCCCN(CCCC)CN1C(=O)SC(=Cc2ccc(C(C)C)cc2)C1=O. The van der Waals surface area contributed by atoms with Crippen molar-refractivity contribution in [1.29, 1.82) is 0 Å². The Kier molecular flexibility index (Phi) is 8.58. The van der Waals surface area contributed by atoms with Gasteiger partial charge in [-0.15, -0.1) is 0 Å². The van der Waals surface area contributed by atoms with Crippen LogP contribution in [0.3, 0.4) is 0 Å². The summed E-state index contributed by atoms with van der Waals surface area (Å²) in [6.45, 7) is 10.9. The van der Waals surface area contributed by atoms with Crippen molar-refractivity contribution in [2.45, 2.75) is 59.3 Å². The summed E-state index contributed by atoms with van der Waals surface area (Å²) >= 11 is 1.05. The fraction of sp³-hybridized carbons (Fsp3) is 0.545. The van der Waals surface area contributed by atoms with Crippen molar-refractivity contribution in [3.8, 4) is 0 Å². The highest BCUT2D eigenvalue weighted by Gasteiger charge is 2.35. The van der Waals surface area contributed by atoms with E-state index in [9.17, 15) is 9.59 Å². The largest absolute Gasteiger partial charge is 0.294 e. The van der Waals surface area contributed by atoms with E-state index in [4.69, 9.17) is 0 Å². The number of thioether (sulfide) groups is 1. The minimum absolute atomic E-state index is 0.164. The maximum atomic E-state index is 12.8. The van der Waals surface area contributed by atoms with Gasteiger partial charge >= 0.3 is 0 Å². The summed E-state index contributed by atoms with van der Waals surface area (Å²) in [5.41, 5.74) is 2.22. The van der Waals surface area contributed by atoms with E-state index >= 15 is 0 Å². The molecule has 5 heteroatoms. The molecule has 148 valence electrons. The van der Waals surface area contributed by atoms with Gasteiger partial charge in [-0.3, -0.25) is 19.4 Å². The molecule has 1 aliphatic rings. The van der Waals surface area contributed by atoms with E-state index in [1.165, 1.54) is 10.5 Å². The van der Waals surface area contributed by atoms with Crippen LogP contribution in [-0.2, 0) is 4.79 Å². The minimum Gasteiger partial charge on any atom is -0.286 e. The van der Waals surface area contributed by atoms with Crippen LogP contribution in [0.1, 0.15) is 70.4 Å². The Morgan fingerprint density at radius 2 is 1.63 bits per heavy atom. The van der Waals surface area contributed by atoms with E-state index in [0.717, 1.165) is 56.1 Å². The molecule has 1 aromatic carbocycles. The third-order valence-electron chi connectivity index (χ3n) is 4.77. The van der Waals surface area contributed by atoms with Gasteiger partial charge in [0.1, 0.15) is 0 Å². The van der Waals surface area contributed by atoms with Crippen LogP contribution < -0.4 is 0 Å². The summed E-state index contributed by atoms with van der Waals surface area (Å²) in [5, 5.41) is -0.164. The smallest absolute Gasteiger partial charge is 0.286 e. The second-order valence-corrected chi connectivity index (χ2v) is 8.39. The molecule has 0 radical (unpaired) electrons. The molecular weight excluding hydrogens is 356 g/mol. The molecule has 0 atom stereocenters. The summed E-state index contributed by atoms with van der Waals surface area (Å²) in [5.74, 6) is 0.305. The zero-order chi connectivity index (χ0) is 19.8. The molecule has 2 amide bonds. The fourth-order valence-corrected chi connectivity index (χ4v) is 3.80. The summed E-state index contributed by atoms with van der Waals surface area (Å²) in [7, 11) is 0. The average molecular weight is 389 g/mol. The number of unbranched alkanes of at least 4 members (excludes halogenated alkanes) is 2. The molecule has 0 unspecified atom stereocenters. The Hall–Kier alpha value is -1.59. The molecule has 1 saturated heterocycles. The molecule has 1 aliphatic heterocycles. The second kappa shape index (κ2) is 10.7. The molecule has 2 rings (SSSR count). The summed E-state index contributed by atoms with van der Waals surface area (Å²) in [6, 6.07) is 8.19. The minimum atomic E-state index is -0.170. The Bertz CT molecular complexity index is 659. The first-order chi connectivity index (χ1) is 13.0. The Balaban J connectivity index is 2.08. The molecular formula is C22H32N2O2S. The second-order valence-electron chi connectivity index (χ2n) is 7.40. The first-order valence-corrected chi connectivity index (χ1v) is 10.9. The van der Waals surface area contributed by atoms with Gasteiger partial charge in [0.25, 0.3) is 11.1 Å². The third kappa shape index (κ3) is 6.22. The lowest BCUT2D eigenvalue weighted by Crippen LogP contribution is -2.41. The van der Waals surface area contributed by atoms with Gasteiger partial charge < -0.3 is 0 Å². The van der Waals surface area contributed by atoms with Crippen LogP contribution in [0.15, 0.2) is 29.2 Å². The van der Waals surface area contributed by atoms with Crippen LogP contribution in [0.4, 0.5) is 4.79 Å². The highest BCUT2D eigenvalue weighted by atomic mass is 32.2. The van der Waals surface area contributed by atoms with Gasteiger partial charge in [0, 0.05) is 0 Å². The number of amides is 2. The van der Waals surface area contributed by atoms with Crippen LogP contribution >= 0.6 is 11.8 Å². The number of carbonyl (C=O) groups is 2. The molecule has 0 aromatic heterocycles. The van der Waals surface area contributed by atoms with Crippen molar-refractivity contribution < 1.29 is 9.59 Å². The number of hydrogen-bond donors (Lipinski definition) is 0. The lowest BCUT2D eigenvalue weighted by Gasteiger charge is -2.26. The lowest BCUT2D eigenvalue weighted by molar-refractivity contribution is -0.124. The van der Waals surface area contributed by atoms with Gasteiger partial charge in [0.2, 0.25) is 0 Å². The van der Waals surface area contributed by atoms with E-state index < -0.39 is 0 Å².